The van der Waals surface area contributed by atoms with Crippen LogP contribution < -0.4 is 22.1 Å². The summed E-state index contributed by atoms with van der Waals surface area (Å²) in [6.45, 7) is 7.98. The molecule has 1 N–H and O–H groups in total. The monoisotopic (exact) mass is 459 g/mol. The molecule has 0 aliphatic carbocycles. The third-order valence-electron chi connectivity index (χ3n) is 6.35. The van der Waals surface area contributed by atoms with Crippen molar-refractivity contribution in [3.8, 4) is 0 Å². The lowest BCUT2D eigenvalue weighted by Crippen LogP contribution is -2.43. The fraction of sp³-hybridized carbons (Fsp3) is 0.667. The first-order valence-electron chi connectivity index (χ1n) is 12.3. The standard InChI is InChI=1S/C24H37N5O4/c1-4-12-28-19(30)17-18(20-22(28)26(3)24(33)29(13-5-2)23(20)32)21(31)25-11-10-16-27-14-8-6-7-9-15-27/h17H,4-16H2,1-3H3,(H,25,31). The summed E-state index contributed by atoms with van der Waals surface area (Å²) in [5.41, 5.74) is -1.13. The predicted molar refractivity (Wildman–Crippen MR) is 130 cm³/mol. The van der Waals surface area contributed by atoms with E-state index in [1.807, 2.05) is 13.8 Å². The van der Waals surface area contributed by atoms with Gasteiger partial charge < -0.3 is 10.2 Å². The first kappa shape index (κ1) is 25.0. The molecule has 0 unspecified atom stereocenters. The van der Waals surface area contributed by atoms with Crippen molar-refractivity contribution >= 4 is 16.9 Å². The maximum Gasteiger partial charge on any atom is 0.332 e. The van der Waals surface area contributed by atoms with E-state index in [4.69, 9.17) is 0 Å². The Bertz CT molecular complexity index is 1150. The number of likely N-dealkylation sites (tertiary alicyclic amines) is 1. The highest BCUT2D eigenvalue weighted by Crippen LogP contribution is 2.13. The molecule has 3 rings (SSSR count). The normalized spacial score (nSPS) is 15.0. The average molecular weight is 460 g/mol. The van der Waals surface area contributed by atoms with Crippen molar-refractivity contribution in [2.45, 2.75) is 71.9 Å². The molecule has 2 aromatic heterocycles. The molecule has 1 amide bonds. The topological polar surface area (TPSA) is 98.3 Å². The molecule has 0 atom stereocenters. The molecule has 0 saturated carbocycles. The number of hydrogen-bond donors (Lipinski definition) is 1. The van der Waals surface area contributed by atoms with E-state index in [1.165, 1.54) is 40.9 Å². The summed E-state index contributed by atoms with van der Waals surface area (Å²) in [6.07, 6.45) is 7.06. The van der Waals surface area contributed by atoms with Crippen molar-refractivity contribution in [2.24, 2.45) is 7.05 Å². The second-order valence-corrected chi connectivity index (χ2v) is 8.91. The van der Waals surface area contributed by atoms with Gasteiger partial charge in [-0.25, -0.2) is 4.79 Å². The van der Waals surface area contributed by atoms with Crippen LogP contribution in [0.3, 0.4) is 0 Å². The van der Waals surface area contributed by atoms with Gasteiger partial charge in [0, 0.05) is 32.7 Å². The summed E-state index contributed by atoms with van der Waals surface area (Å²) in [6, 6.07) is 1.24. The second kappa shape index (κ2) is 11.4. The van der Waals surface area contributed by atoms with Crippen molar-refractivity contribution in [1.29, 1.82) is 0 Å². The smallest absolute Gasteiger partial charge is 0.332 e. The zero-order valence-corrected chi connectivity index (χ0v) is 20.2. The molecule has 1 fully saturated rings. The van der Waals surface area contributed by atoms with Crippen LogP contribution in [0.5, 0.6) is 0 Å². The van der Waals surface area contributed by atoms with E-state index < -0.39 is 17.2 Å². The van der Waals surface area contributed by atoms with E-state index in [2.05, 4.69) is 10.2 Å². The molecule has 2 aromatic rings. The first-order valence-corrected chi connectivity index (χ1v) is 12.3. The molecule has 0 bridgehead atoms. The lowest BCUT2D eigenvalue weighted by molar-refractivity contribution is 0.0953. The molecular weight excluding hydrogens is 422 g/mol. The molecule has 0 radical (unpaired) electrons. The molecule has 1 saturated heterocycles. The van der Waals surface area contributed by atoms with E-state index in [1.54, 1.807) is 7.05 Å². The van der Waals surface area contributed by atoms with E-state index in [0.29, 0.717) is 25.9 Å². The Morgan fingerprint density at radius 3 is 2.21 bits per heavy atom. The zero-order chi connectivity index (χ0) is 24.0. The van der Waals surface area contributed by atoms with Crippen molar-refractivity contribution in [3.05, 3.63) is 42.8 Å². The summed E-state index contributed by atoms with van der Waals surface area (Å²) in [5, 5.41) is 3.02. The summed E-state index contributed by atoms with van der Waals surface area (Å²) < 4.78 is 3.89. The predicted octanol–water partition coefficient (Wildman–Crippen LogP) is 1.68. The number of nitrogens with one attached hydrogen (secondary N) is 1. The van der Waals surface area contributed by atoms with Crippen molar-refractivity contribution in [2.75, 3.05) is 26.2 Å². The van der Waals surface area contributed by atoms with Gasteiger partial charge >= 0.3 is 5.69 Å². The Hall–Kier alpha value is -2.68. The molecular formula is C24H37N5O4. The van der Waals surface area contributed by atoms with Crippen LogP contribution >= 0.6 is 0 Å². The summed E-state index contributed by atoms with van der Waals surface area (Å²) in [4.78, 5) is 54.5. The number of nitrogens with zero attached hydrogens (tertiary/aromatic N) is 4. The van der Waals surface area contributed by atoms with Crippen molar-refractivity contribution < 1.29 is 4.79 Å². The van der Waals surface area contributed by atoms with E-state index in [-0.39, 0.29) is 28.7 Å². The number of carbonyl (C=O) groups is 1. The van der Waals surface area contributed by atoms with E-state index in [9.17, 15) is 19.2 Å². The molecule has 9 nitrogen and oxygen atoms in total. The number of carbonyl (C=O) groups excluding carboxylic acids is 1. The number of aromatic nitrogens is 3. The third kappa shape index (κ3) is 5.46. The van der Waals surface area contributed by atoms with Crippen LogP contribution in [0.1, 0.15) is 69.2 Å². The maximum absolute atomic E-state index is 13.3. The lowest BCUT2D eigenvalue weighted by Gasteiger charge is -2.20. The highest BCUT2D eigenvalue weighted by molar-refractivity contribution is 6.05. The number of rotatable bonds is 9. The number of pyridine rings is 1. The Morgan fingerprint density at radius 1 is 0.939 bits per heavy atom. The van der Waals surface area contributed by atoms with Gasteiger partial charge in [0.15, 0.2) is 0 Å². The molecule has 182 valence electrons. The highest BCUT2D eigenvalue weighted by atomic mass is 16.2. The van der Waals surface area contributed by atoms with Crippen LogP contribution in [0.25, 0.3) is 11.0 Å². The molecule has 0 aromatic carbocycles. The van der Waals surface area contributed by atoms with Crippen LogP contribution in [0.4, 0.5) is 0 Å². The lowest BCUT2D eigenvalue weighted by atomic mass is 10.1. The maximum atomic E-state index is 13.3. The summed E-state index contributed by atoms with van der Waals surface area (Å²) in [5.74, 6) is -0.449. The largest absolute Gasteiger partial charge is 0.352 e. The molecule has 1 aliphatic rings. The molecule has 1 aliphatic heterocycles. The van der Waals surface area contributed by atoms with Gasteiger partial charge in [-0.05, 0) is 51.7 Å². The minimum atomic E-state index is -0.519. The Labute approximate surface area is 194 Å². The number of hydrogen-bond acceptors (Lipinski definition) is 5. The van der Waals surface area contributed by atoms with Gasteiger partial charge in [0.25, 0.3) is 17.0 Å². The Balaban J connectivity index is 1.93. The van der Waals surface area contributed by atoms with Crippen LogP contribution in [0.2, 0.25) is 0 Å². The van der Waals surface area contributed by atoms with Gasteiger partial charge in [-0.15, -0.1) is 0 Å². The average Bonchev–Trinajstić information content (AvgIpc) is 3.08. The van der Waals surface area contributed by atoms with Crippen LogP contribution in [0, 0.1) is 0 Å². The van der Waals surface area contributed by atoms with Gasteiger partial charge in [-0.1, -0.05) is 26.7 Å². The Morgan fingerprint density at radius 2 is 1.58 bits per heavy atom. The van der Waals surface area contributed by atoms with Gasteiger partial charge in [-0.2, -0.15) is 0 Å². The van der Waals surface area contributed by atoms with Crippen molar-refractivity contribution in [3.63, 3.8) is 0 Å². The van der Waals surface area contributed by atoms with Gasteiger partial charge in [0.1, 0.15) is 5.65 Å². The SMILES string of the molecule is CCCn1c(=O)c2c(C(=O)NCCCN3CCCCCC3)cc(=O)n(CCC)c2n(C)c1=O. The molecule has 0 spiro atoms. The first-order chi connectivity index (χ1) is 15.9. The minimum Gasteiger partial charge on any atom is -0.352 e. The number of aryl methyl sites for hydroxylation is 2. The second-order valence-electron chi connectivity index (χ2n) is 8.91. The number of fused-ring (bicyclic) bond motifs is 1. The van der Waals surface area contributed by atoms with Gasteiger partial charge in [0.2, 0.25) is 0 Å². The van der Waals surface area contributed by atoms with Crippen LogP contribution in [-0.4, -0.2) is 50.7 Å². The fourth-order valence-electron chi connectivity index (χ4n) is 4.69. The third-order valence-corrected chi connectivity index (χ3v) is 6.35. The molecule has 3 heterocycles. The van der Waals surface area contributed by atoms with Crippen LogP contribution in [0.15, 0.2) is 20.4 Å². The molecule has 33 heavy (non-hydrogen) atoms. The minimum absolute atomic E-state index is 0.0441. The quantitative estimate of drug-likeness (QED) is 0.576. The van der Waals surface area contributed by atoms with E-state index >= 15 is 0 Å². The summed E-state index contributed by atoms with van der Waals surface area (Å²) in [7, 11) is 1.55. The van der Waals surface area contributed by atoms with Gasteiger partial charge in [0.05, 0.1) is 10.9 Å². The van der Waals surface area contributed by atoms with Gasteiger partial charge in [-0.3, -0.25) is 28.1 Å². The Kier molecular flexibility index (Phi) is 8.66. The molecule has 9 heteroatoms. The fourth-order valence-corrected chi connectivity index (χ4v) is 4.69. The van der Waals surface area contributed by atoms with Crippen molar-refractivity contribution in [1.82, 2.24) is 23.9 Å². The van der Waals surface area contributed by atoms with E-state index in [0.717, 1.165) is 30.6 Å². The summed E-state index contributed by atoms with van der Waals surface area (Å²) >= 11 is 0. The van der Waals surface area contributed by atoms with Crippen LogP contribution in [-0.2, 0) is 20.1 Å². The number of amides is 1. The zero-order valence-electron chi connectivity index (χ0n) is 20.2. The highest BCUT2D eigenvalue weighted by Gasteiger charge is 2.22.